The summed E-state index contributed by atoms with van der Waals surface area (Å²) < 4.78 is 0. The standard InChI is InChI=1S/C19H25NO/c21-12-4-7-16-5-3-6-17(13-16)14-20-11-10-18-8-1-2-9-19(18)15-20/h3,5-6,13,18-19,21H,1-2,8-12,14-15H2. The molecule has 0 amide bonds. The fourth-order valence-corrected chi connectivity index (χ4v) is 3.97. The second-order valence-electron chi connectivity index (χ2n) is 6.49. The smallest absolute Gasteiger partial charge is 0.104 e. The lowest BCUT2D eigenvalue weighted by molar-refractivity contribution is 0.0820. The molecule has 2 fully saturated rings. The van der Waals surface area contributed by atoms with Crippen LogP contribution in [0.15, 0.2) is 24.3 Å². The Morgan fingerprint density at radius 3 is 2.86 bits per heavy atom. The molecular formula is C19H25NO. The van der Waals surface area contributed by atoms with E-state index in [0.717, 1.165) is 23.9 Å². The highest BCUT2D eigenvalue weighted by Gasteiger charge is 2.30. The van der Waals surface area contributed by atoms with E-state index in [1.165, 1.54) is 50.8 Å². The van der Waals surface area contributed by atoms with Gasteiger partial charge >= 0.3 is 0 Å². The molecule has 2 atom stereocenters. The molecule has 2 nitrogen and oxygen atoms in total. The topological polar surface area (TPSA) is 23.5 Å². The zero-order valence-electron chi connectivity index (χ0n) is 12.7. The van der Waals surface area contributed by atoms with Crippen LogP contribution in [-0.2, 0) is 6.54 Å². The summed E-state index contributed by atoms with van der Waals surface area (Å²) in [6, 6.07) is 8.44. The van der Waals surface area contributed by atoms with Crippen molar-refractivity contribution in [3.63, 3.8) is 0 Å². The number of piperidine rings is 1. The minimum Gasteiger partial charge on any atom is -0.384 e. The molecule has 0 aromatic heterocycles. The molecule has 2 unspecified atom stereocenters. The maximum absolute atomic E-state index is 8.79. The van der Waals surface area contributed by atoms with Gasteiger partial charge in [-0.25, -0.2) is 0 Å². The molecule has 0 spiro atoms. The summed E-state index contributed by atoms with van der Waals surface area (Å²) in [5.74, 6) is 7.66. The number of fused-ring (bicyclic) bond motifs is 1. The minimum atomic E-state index is -0.0700. The fourth-order valence-electron chi connectivity index (χ4n) is 3.97. The molecule has 2 heteroatoms. The van der Waals surface area contributed by atoms with Gasteiger partial charge in [-0.15, -0.1) is 0 Å². The predicted molar refractivity (Wildman–Crippen MR) is 85.7 cm³/mol. The summed E-state index contributed by atoms with van der Waals surface area (Å²) in [6.45, 7) is 3.49. The molecule has 1 N–H and O–H groups in total. The zero-order chi connectivity index (χ0) is 14.5. The first-order valence-corrected chi connectivity index (χ1v) is 8.26. The first-order chi connectivity index (χ1) is 10.3. The van der Waals surface area contributed by atoms with Gasteiger partial charge in [0, 0.05) is 18.7 Å². The number of aliphatic hydroxyl groups excluding tert-OH is 1. The second-order valence-corrected chi connectivity index (χ2v) is 6.49. The van der Waals surface area contributed by atoms with Crippen molar-refractivity contribution in [1.29, 1.82) is 0 Å². The van der Waals surface area contributed by atoms with Crippen LogP contribution >= 0.6 is 0 Å². The highest BCUT2D eigenvalue weighted by molar-refractivity contribution is 5.37. The predicted octanol–water partition coefficient (Wildman–Crippen LogP) is 3.04. The molecule has 1 aliphatic carbocycles. The van der Waals surface area contributed by atoms with Crippen LogP contribution in [0.2, 0.25) is 0 Å². The molecule has 0 bridgehead atoms. The summed E-state index contributed by atoms with van der Waals surface area (Å²) in [5, 5.41) is 8.79. The summed E-state index contributed by atoms with van der Waals surface area (Å²) in [6.07, 6.45) is 7.16. The van der Waals surface area contributed by atoms with E-state index in [0.29, 0.717) is 0 Å². The third-order valence-electron chi connectivity index (χ3n) is 5.02. The Morgan fingerprint density at radius 1 is 1.14 bits per heavy atom. The van der Waals surface area contributed by atoms with Gasteiger partial charge < -0.3 is 5.11 Å². The number of rotatable bonds is 2. The fraction of sp³-hybridized carbons (Fsp3) is 0.579. The van der Waals surface area contributed by atoms with Gasteiger partial charge in [-0.3, -0.25) is 4.90 Å². The van der Waals surface area contributed by atoms with Crippen LogP contribution in [0, 0.1) is 23.7 Å². The highest BCUT2D eigenvalue weighted by Crippen LogP contribution is 2.36. The Morgan fingerprint density at radius 2 is 2.00 bits per heavy atom. The Balaban J connectivity index is 1.61. The van der Waals surface area contributed by atoms with Gasteiger partial charge in [0.2, 0.25) is 0 Å². The maximum Gasteiger partial charge on any atom is 0.104 e. The van der Waals surface area contributed by atoms with Gasteiger partial charge in [0.15, 0.2) is 0 Å². The monoisotopic (exact) mass is 283 g/mol. The normalized spacial score (nSPS) is 25.8. The van der Waals surface area contributed by atoms with Crippen molar-refractivity contribution in [2.24, 2.45) is 11.8 Å². The molecule has 1 saturated heterocycles. The van der Waals surface area contributed by atoms with Gasteiger partial charge in [0.1, 0.15) is 6.61 Å². The van der Waals surface area contributed by atoms with Crippen LogP contribution in [-0.4, -0.2) is 29.7 Å². The Labute approximate surface area is 128 Å². The van der Waals surface area contributed by atoms with E-state index >= 15 is 0 Å². The van der Waals surface area contributed by atoms with Crippen LogP contribution in [0.25, 0.3) is 0 Å². The summed E-state index contributed by atoms with van der Waals surface area (Å²) in [7, 11) is 0. The quantitative estimate of drug-likeness (QED) is 0.843. The van der Waals surface area contributed by atoms with E-state index in [2.05, 4.69) is 34.9 Å². The van der Waals surface area contributed by atoms with Crippen LogP contribution in [0.5, 0.6) is 0 Å². The summed E-state index contributed by atoms with van der Waals surface area (Å²) >= 11 is 0. The van der Waals surface area contributed by atoms with E-state index in [1.807, 2.05) is 6.07 Å². The lowest BCUT2D eigenvalue weighted by Gasteiger charge is -2.41. The third kappa shape index (κ3) is 3.87. The molecule has 0 radical (unpaired) electrons. The van der Waals surface area contributed by atoms with Crippen molar-refractivity contribution in [3.8, 4) is 11.8 Å². The van der Waals surface area contributed by atoms with Gasteiger partial charge in [-0.2, -0.15) is 0 Å². The van der Waals surface area contributed by atoms with Gasteiger partial charge in [-0.1, -0.05) is 43.2 Å². The van der Waals surface area contributed by atoms with E-state index in [9.17, 15) is 0 Å². The lowest BCUT2D eigenvalue weighted by Crippen LogP contribution is -2.41. The Kier molecular flexibility index (Phi) is 4.95. The molecule has 2 aliphatic rings. The van der Waals surface area contributed by atoms with Crippen LogP contribution in [0.4, 0.5) is 0 Å². The highest BCUT2D eigenvalue weighted by atomic mass is 16.2. The van der Waals surface area contributed by atoms with Crippen molar-refractivity contribution >= 4 is 0 Å². The summed E-state index contributed by atoms with van der Waals surface area (Å²) in [4.78, 5) is 2.62. The summed E-state index contributed by atoms with van der Waals surface area (Å²) in [5.41, 5.74) is 2.35. The number of aliphatic hydroxyl groups is 1. The third-order valence-corrected chi connectivity index (χ3v) is 5.02. The van der Waals surface area contributed by atoms with Crippen molar-refractivity contribution in [2.75, 3.05) is 19.7 Å². The maximum atomic E-state index is 8.79. The van der Waals surface area contributed by atoms with E-state index < -0.39 is 0 Å². The molecule has 1 heterocycles. The van der Waals surface area contributed by atoms with Crippen molar-refractivity contribution in [1.82, 2.24) is 4.90 Å². The molecule has 1 aromatic rings. The molecule has 21 heavy (non-hydrogen) atoms. The van der Waals surface area contributed by atoms with Crippen LogP contribution < -0.4 is 0 Å². The van der Waals surface area contributed by atoms with Crippen molar-refractivity contribution in [3.05, 3.63) is 35.4 Å². The van der Waals surface area contributed by atoms with Crippen molar-refractivity contribution in [2.45, 2.75) is 38.6 Å². The number of benzene rings is 1. The molecule has 1 saturated carbocycles. The molecule has 1 aromatic carbocycles. The van der Waals surface area contributed by atoms with Crippen molar-refractivity contribution < 1.29 is 5.11 Å². The largest absolute Gasteiger partial charge is 0.384 e. The minimum absolute atomic E-state index is 0.0700. The molecule has 3 rings (SSSR count). The Bertz CT molecular complexity index is 528. The van der Waals surface area contributed by atoms with Gasteiger partial charge in [0.25, 0.3) is 0 Å². The molecule has 112 valence electrons. The number of hydrogen-bond donors (Lipinski definition) is 1. The average Bonchev–Trinajstić information content (AvgIpc) is 2.53. The SMILES string of the molecule is OCC#Cc1cccc(CN2CCC3CCCCC3C2)c1. The lowest BCUT2D eigenvalue weighted by atomic mass is 9.75. The Hall–Kier alpha value is -1.30. The zero-order valence-corrected chi connectivity index (χ0v) is 12.7. The average molecular weight is 283 g/mol. The molecular weight excluding hydrogens is 258 g/mol. The first kappa shape index (κ1) is 14.6. The first-order valence-electron chi connectivity index (χ1n) is 8.26. The van der Waals surface area contributed by atoms with Gasteiger partial charge in [-0.05, 0) is 48.9 Å². The van der Waals surface area contributed by atoms with Crippen LogP contribution in [0.1, 0.15) is 43.2 Å². The van der Waals surface area contributed by atoms with E-state index in [1.54, 1.807) is 0 Å². The number of hydrogen-bond acceptors (Lipinski definition) is 2. The van der Waals surface area contributed by atoms with E-state index in [4.69, 9.17) is 5.11 Å². The van der Waals surface area contributed by atoms with Gasteiger partial charge in [0.05, 0.1) is 0 Å². The van der Waals surface area contributed by atoms with Crippen LogP contribution in [0.3, 0.4) is 0 Å². The van der Waals surface area contributed by atoms with E-state index in [-0.39, 0.29) is 6.61 Å². The number of likely N-dealkylation sites (tertiary alicyclic amines) is 1. The second kappa shape index (κ2) is 7.11. The number of nitrogens with zero attached hydrogens (tertiary/aromatic N) is 1. The molecule has 1 aliphatic heterocycles.